The van der Waals surface area contributed by atoms with Gasteiger partial charge in [0.25, 0.3) is 0 Å². The first-order valence-electron chi connectivity index (χ1n) is 25.0. The van der Waals surface area contributed by atoms with Crippen LogP contribution in [-0.2, 0) is 0 Å². The van der Waals surface area contributed by atoms with Crippen LogP contribution < -0.4 is 0 Å². The Labute approximate surface area is 432 Å². The lowest BCUT2D eigenvalue weighted by Crippen LogP contribution is -2.04. The van der Waals surface area contributed by atoms with Gasteiger partial charge in [-0.1, -0.05) is 212 Å². The minimum Gasteiger partial charge on any atom is -0.308 e. The zero-order valence-corrected chi connectivity index (χ0v) is 40.9. The van der Waals surface area contributed by atoms with Crippen LogP contribution in [0.25, 0.3) is 137 Å². The molecule has 0 spiro atoms. The Balaban J connectivity index is 1.06. The predicted octanol–water partition coefficient (Wildman–Crippen LogP) is 18.7. The predicted molar refractivity (Wildman–Crippen MR) is 311 cm³/mol. The Morgan fingerprint density at radius 2 is 0.662 bits per heavy atom. The van der Waals surface area contributed by atoms with Gasteiger partial charge in [-0.15, -0.1) is 11.3 Å². The highest BCUT2D eigenvalue weighted by atomic mass is 32.1. The summed E-state index contributed by atoms with van der Waals surface area (Å²) < 4.78 is 5.08. The molecule has 346 valence electrons. The van der Waals surface area contributed by atoms with Crippen LogP contribution in [0.15, 0.2) is 267 Å². The Morgan fingerprint density at radius 3 is 1.22 bits per heavy atom. The molecule has 0 aliphatic carbocycles. The van der Waals surface area contributed by atoms with Crippen LogP contribution in [0.1, 0.15) is 0 Å². The minimum atomic E-state index is 0.582. The van der Waals surface area contributed by atoms with Crippen LogP contribution in [0, 0.1) is 0 Å². The lowest BCUT2D eigenvalue weighted by atomic mass is 9.92. The highest BCUT2D eigenvalue weighted by Crippen LogP contribution is 2.47. The molecule has 3 aromatic heterocycles. The molecule has 0 N–H and O–H groups in total. The summed E-state index contributed by atoms with van der Waals surface area (Å²) in [4.78, 5) is 16.4. The number of nitrogens with zero attached hydrogens (tertiary/aromatic N) is 4. The van der Waals surface area contributed by atoms with Crippen LogP contribution in [0.4, 0.5) is 0 Å². The van der Waals surface area contributed by atoms with Crippen molar-refractivity contribution in [2.45, 2.75) is 0 Å². The van der Waals surface area contributed by atoms with E-state index in [9.17, 15) is 0 Å². The quantitative estimate of drug-likeness (QED) is 0.145. The summed E-state index contributed by atoms with van der Waals surface area (Å²) in [6.07, 6.45) is 0. The molecule has 4 nitrogen and oxygen atoms in total. The molecule has 14 aromatic rings. The van der Waals surface area contributed by atoms with Crippen LogP contribution in [0.3, 0.4) is 0 Å². The number of thiophene rings is 1. The molecule has 0 unspecified atom stereocenters. The van der Waals surface area contributed by atoms with E-state index in [1.54, 1.807) is 0 Å². The fourth-order valence-corrected chi connectivity index (χ4v) is 11.9. The second-order valence-corrected chi connectivity index (χ2v) is 19.8. The lowest BCUT2D eigenvalue weighted by molar-refractivity contribution is 1.07. The summed E-state index contributed by atoms with van der Waals surface area (Å²) in [5.74, 6) is 1.77. The summed E-state index contributed by atoms with van der Waals surface area (Å²) in [5, 5.41) is 5.06. The standard InChI is InChI=1S/C69H44N4S/c1-6-20-45(21-7-1)48-34-36-51(37-35-48)67-70-68(54-41-52(46-22-8-2-9-23-46)40-53(42-54)47-24-10-3-11-25-47)72-69(71-67)55-43-58(49-26-12-4-13-27-49)66(59(44-55)50-28-14-5-15-29-50)73-60-32-18-16-30-56(60)64-61(73)38-39-63-65(64)57-31-17-19-33-62(57)74-63/h1-44H. The van der Waals surface area contributed by atoms with E-state index in [-0.39, 0.29) is 0 Å². The van der Waals surface area contributed by atoms with Crippen molar-refractivity contribution in [1.82, 2.24) is 19.5 Å². The topological polar surface area (TPSA) is 43.6 Å². The summed E-state index contributed by atoms with van der Waals surface area (Å²) in [7, 11) is 0. The molecule has 0 saturated carbocycles. The van der Waals surface area contributed by atoms with E-state index in [4.69, 9.17) is 15.0 Å². The van der Waals surface area contributed by atoms with E-state index < -0.39 is 0 Å². The van der Waals surface area contributed by atoms with E-state index in [1.807, 2.05) is 17.4 Å². The molecule has 14 rings (SSSR count). The molecule has 0 fully saturated rings. The SMILES string of the molecule is c1ccc(-c2ccc(-c3nc(-c4cc(-c5ccccc5)cc(-c5ccccc5)c4)nc(-c4cc(-c5ccccc5)c(-n5c6ccccc6c6c7c(ccc65)sc5ccccc57)c(-c5ccccc5)c4)n3)cc2)cc1. The van der Waals surface area contributed by atoms with E-state index in [0.717, 1.165) is 89.0 Å². The third-order valence-corrected chi connectivity index (χ3v) is 15.4. The molecule has 0 atom stereocenters. The molecule has 0 amide bonds. The maximum absolute atomic E-state index is 5.53. The van der Waals surface area contributed by atoms with E-state index in [2.05, 4.69) is 265 Å². The molecule has 11 aromatic carbocycles. The van der Waals surface area contributed by atoms with Gasteiger partial charge in [-0.2, -0.15) is 0 Å². The molecule has 5 heteroatoms. The van der Waals surface area contributed by atoms with Gasteiger partial charge in [0.1, 0.15) is 0 Å². The average molecular weight is 961 g/mol. The van der Waals surface area contributed by atoms with Gasteiger partial charge < -0.3 is 4.57 Å². The molecule has 0 aliphatic heterocycles. The van der Waals surface area contributed by atoms with E-state index in [1.165, 1.54) is 30.9 Å². The second-order valence-electron chi connectivity index (χ2n) is 18.7. The molecular weight excluding hydrogens is 917 g/mol. The largest absolute Gasteiger partial charge is 0.308 e. The third kappa shape index (κ3) is 7.66. The van der Waals surface area contributed by atoms with Crippen molar-refractivity contribution in [3.05, 3.63) is 267 Å². The van der Waals surface area contributed by atoms with Crippen molar-refractivity contribution in [3.8, 4) is 95.5 Å². The van der Waals surface area contributed by atoms with Crippen LogP contribution in [-0.4, -0.2) is 19.5 Å². The fraction of sp³-hybridized carbons (Fsp3) is 0. The number of para-hydroxylation sites is 1. The minimum absolute atomic E-state index is 0.582. The molecule has 0 bridgehead atoms. The number of rotatable bonds is 9. The summed E-state index contributed by atoms with van der Waals surface area (Å²) in [5.41, 5.74) is 17.0. The van der Waals surface area contributed by atoms with Crippen molar-refractivity contribution < 1.29 is 0 Å². The Bertz CT molecular complexity index is 4260. The van der Waals surface area contributed by atoms with Crippen molar-refractivity contribution >= 4 is 53.3 Å². The number of fused-ring (bicyclic) bond motifs is 7. The van der Waals surface area contributed by atoms with Gasteiger partial charge in [0.05, 0.1) is 16.7 Å². The van der Waals surface area contributed by atoms with Gasteiger partial charge in [0, 0.05) is 58.8 Å². The fourth-order valence-electron chi connectivity index (χ4n) is 10.8. The van der Waals surface area contributed by atoms with E-state index in [0.29, 0.717) is 17.5 Å². The highest BCUT2D eigenvalue weighted by Gasteiger charge is 2.25. The summed E-state index contributed by atoms with van der Waals surface area (Å²) in [6, 6.07) is 95.3. The van der Waals surface area contributed by atoms with Gasteiger partial charge >= 0.3 is 0 Å². The van der Waals surface area contributed by atoms with Crippen LogP contribution >= 0.6 is 11.3 Å². The zero-order valence-electron chi connectivity index (χ0n) is 40.1. The van der Waals surface area contributed by atoms with Crippen LogP contribution in [0.5, 0.6) is 0 Å². The van der Waals surface area contributed by atoms with Gasteiger partial charge in [0.2, 0.25) is 0 Å². The van der Waals surface area contributed by atoms with Crippen molar-refractivity contribution in [2.24, 2.45) is 0 Å². The van der Waals surface area contributed by atoms with Gasteiger partial charge in [-0.3, -0.25) is 0 Å². The van der Waals surface area contributed by atoms with E-state index >= 15 is 0 Å². The van der Waals surface area contributed by atoms with Crippen molar-refractivity contribution in [3.63, 3.8) is 0 Å². The smallest absolute Gasteiger partial charge is 0.164 e. The summed E-state index contributed by atoms with van der Waals surface area (Å²) in [6.45, 7) is 0. The van der Waals surface area contributed by atoms with Gasteiger partial charge in [-0.05, 0) is 99.1 Å². The van der Waals surface area contributed by atoms with Gasteiger partial charge in [0.15, 0.2) is 17.5 Å². The highest BCUT2D eigenvalue weighted by molar-refractivity contribution is 7.26. The molecule has 0 aliphatic rings. The summed E-state index contributed by atoms with van der Waals surface area (Å²) >= 11 is 1.86. The maximum atomic E-state index is 5.53. The number of hydrogen-bond acceptors (Lipinski definition) is 4. The number of aromatic nitrogens is 4. The third-order valence-electron chi connectivity index (χ3n) is 14.2. The normalized spacial score (nSPS) is 11.5. The average Bonchev–Trinajstić information content (AvgIpc) is 4.09. The monoisotopic (exact) mass is 960 g/mol. The van der Waals surface area contributed by atoms with Crippen molar-refractivity contribution in [1.29, 1.82) is 0 Å². The zero-order chi connectivity index (χ0) is 49.0. The molecule has 3 heterocycles. The molecular formula is C69H44N4S. The molecule has 74 heavy (non-hydrogen) atoms. The Morgan fingerprint density at radius 1 is 0.257 bits per heavy atom. The lowest BCUT2D eigenvalue weighted by Gasteiger charge is -2.21. The first-order valence-corrected chi connectivity index (χ1v) is 25.8. The molecule has 0 radical (unpaired) electrons. The Hall–Kier alpha value is -9.55. The number of hydrogen-bond donors (Lipinski definition) is 0. The molecule has 0 saturated heterocycles. The van der Waals surface area contributed by atoms with Crippen LogP contribution in [0.2, 0.25) is 0 Å². The van der Waals surface area contributed by atoms with Gasteiger partial charge in [-0.25, -0.2) is 15.0 Å². The second kappa shape index (κ2) is 18.2. The maximum Gasteiger partial charge on any atom is 0.164 e. The first-order chi connectivity index (χ1) is 36.7. The Kier molecular flexibility index (Phi) is 10.7. The number of benzene rings is 11. The van der Waals surface area contributed by atoms with Crippen molar-refractivity contribution in [2.75, 3.05) is 0 Å². The first kappa shape index (κ1) is 43.3.